The van der Waals surface area contributed by atoms with Crippen molar-refractivity contribution in [2.75, 3.05) is 0 Å². The second kappa shape index (κ2) is 7.19. The highest BCUT2D eigenvalue weighted by Gasteiger charge is 2.16. The summed E-state index contributed by atoms with van der Waals surface area (Å²) in [7, 11) is 0. The number of aryl methyl sites for hydroxylation is 1. The fourth-order valence-corrected chi connectivity index (χ4v) is 2.87. The molecular formula is C18H21BrFN. The van der Waals surface area contributed by atoms with Gasteiger partial charge in [0.1, 0.15) is 5.82 Å². The normalized spacial score (nSPS) is 14.0. The lowest BCUT2D eigenvalue weighted by Gasteiger charge is -2.23. The van der Waals surface area contributed by atoms with Crippen LogP contribution >= 0.6 is 15.9 Å². The Kier molecular flexibility index (Phi) is 5.54. The molecule has 0 spiro atoms. The van der Waals surface area contributed by atoms with E-state index in [0.717, 1.165) is 10.9 Å². The average Bonchev–Trinajstić information content (AvgIpc) is 2.48. The number of hydrogen-bond acceptors (Lipinski definition) is 1. The first kappa shape index (κ1) is 16.2. The van der Waals surface area contributed by atoms with Crippen LogP contribution in [0.2, 0.25) is 0 Å². The molecule has 21 heavy (non-hydrogen) atoms. The van der Waals surface area contributed by atoms with Gasteiger partial charge in [0.05, 0.1) is 0 Å². The van der Waals surface area contributed by atoms with E-state index in [0.29, 0.717) is 5.56 Å². The van der Waals surface area contributed by atoms with Crippen LogP contribution in [0.3, 0.4) is 0 Å². The number of halogens is 2. The Morgan fingerprint density at radius 2 is 1.81 bits per heavy atom. The molecule has 112 valence electrons. The Hall–Kier alpha value is -1.19. The minimum absolute atomic E-state index is 0.0475. The third-order valence-corrected chi connectivity index (χ3v) is 4.26. The Labute approximate surface area is 134 Å². The van der Waals surface area contributed by atoms with Crippen LogP contribution in [0, 0.1) is 12.7 Å². The zero-order valence-electron chi connectivity index (χ0n) is 12.7. The van der Waals surface area contributed by atoms with Crippen molar-refractivity contribution in [2.45, 2.75) is 39.3 Å². The maximum atomic E-state index is 14.0. The molecule has 2 atom stereocenters. The summed E-state index contributed by atoms with van der Waals surface area (Å²) in [5, 5.41) is 3.53. The molecule has 0 aromatic heterocycles. The van der Waals surface area contributed by atoms with Crippen molar-refractivity contribution in [3.63, 3.8) is 0 Å². The van der Waals surface area contributed by atoms with Crippen molar-refractivity contribution in [1.29, 1.82) is 0 Å². The fraction of sp³-hybridized carbons (Fsp3) is 0.333. The summed E-state index contributed by atoms with van der Waals surface area (Å²) in [4.78, 5) is 0. The lowest BCUT2D eigenvalue weighted by atomic mass is 10.00. The van der Waals surface area contributed by atoms with Gasteiger partial charge < -0.3 is 5.32 Å². The van der Waals surface area contributed by atoms with E-state index in [1.807, 2.05) is 13.0 Å². The van der Waals surface area contributed by atoms with Crippen LogP contribution in [0.15, 0.2) is 46.9 Å². The van der Waals surface area contributed by atoms with Gasteiger partial charge in [-0.25, -0.2) is 4.39 Å². The standard InChI is InChI=1S/C18H21BrFN/c1-4-18(14-7-5-12(2)6-8-14)21-13(3)16-11-15(19)9-10-17(16)20/h5-11,13,18,21H,4H2,1-3H3. The Balaban J connectivity index is 2.17. The fourth-order valence-electron chi connectivity index (χ4n) is 2.49. The minimum Gasteiger partial charge on any atom is -0.303 e. The molecule has 3 heteroatoms. The molecule has 2 unspecified atom stereocenters. The van der Waals surface area contributed by atoms with Crippen LogP contribution in [0.4, 0.5) is 4.39 Å². The van der Waals surface area contributed by atoms with Gasteiger partial charge in [-0.15, -0.1) is 0 Å². The van der Waals surface area contributed by atoms with E-state index in [9.17, 15) is 4.39 Å². The van der Waals surface area contributed by atoms with E-state index in [2.05, 4.69) is 59.4 Å². The largest absolute Gasteiger partial charge is 0.303 e. The van der Waals surface area contributed by atoms with E-state index >= 15 is 0 Å². The van der Waals surface area contributed by atoms with Crippen molar-refractivity contribution in [2.24, 2.45) is 0 Å². The monoisotopic (exact) mass is 349 g/mol. The SMILES string of the molecule is CCC(NC(C)c1cc(Br)ccc1F)c1ccc(C)cc1. The van der Waals surface area contributed by atoms with Crippen molar-refractivity contribution >= 4 is 15.9 Å². The third-order valence-electron chi connectivity index (χ3n) is 3.76. The maximum absolute atomic E-state index is 14.0. The molecule has 0 heterocycles. The van der Waals surface area contributed by atoms with Gasteiger partial charge in [0.2, 0.25) is 0 Å². The highest BCUT2D eigenvalue weighted by atomic mass is 79.9. The zero-order valence-corrected chi connectivity index (χ0v) is 14.2. The molecule has 2 aromatic rings. The summed E-state index contributed by atoms with van der Waals surface area (Å²) in [5.74, 6) is -0.169. The van der Waals surface area contributed by atoms with Gasteiger partial charge in [-0.3, -0.25) is 0 Å². The number of nitrogens with one attached hydrogen (secondary N) is 1. The molecule has 0 fully saturated rings. The van der Waals surface area contributed by atoms with Crippen molar-refractivity contribution < 1.29 is 4.39 Å². The van der Waals surface area contributed by atoms with E-state index in [4.69, 9.17) is 0 Å². The van der Waals surface area contributed by atoms with Crippen molar-refractivity contribution in [3.05, 3.63) is 69.4 Å². The Morgan fingerprint density at radius 1 is 1.14 bits per heavy atom. The maximum Gasteiger partial charge on any atom is 0.128 e. The predicted octanol–water partition coefficient (Wildman–Crippen LogP) is 5.70. The summed E-state index contributed by atoms with van der Waals surface area (Å²) in [6, 6.07) is 13.8. The topological polar surface area (TPSA) is 12.0 Å². The first-order chi connectivity index (χ1) is 10.0. The van der Waals surface area contributed by atoms with Crippen LogP contribution in [0.25, 0.3) is 0 Å². The molecule has 2 aromatic carbocycles. The predicted molar refractivity (Wildman–Crippen MR) is 89.9 cm³/mol. The van der Waals surface area contributed by atoms with E-state index in [-0.39, 0.29) is 17.9 Å². The van der Waals surface area contributed by atoms with Crippen molar-refractivity contribution in [1.82, 2.24) is 5.32 Å². The second-order valence-corrected chi connectivity index (χ2v) is 6.34. The van der Waals surface area contributed by atoms with Crippen LogP contribution < -0.4 is 5.32 Å². The highest BCUT2D eigenvalue weighted by Crippen LogP contribution is 2.26. The van der Waals surface area contributed by atoms with E-state index in [1.165, 1.54) is 17.2 Å². The average molecular weight is 350 g/mol. The Bertz CT molecular complexity index is 595. The van der Waals surface area contributed by atoms with Gasteiger partial charge in [0.25, 0.3) is 0 Å². The molecule has 0 bridgehead atoms. The molecular weight excluding hydrogens is 329 g/mol. The smallest absolute Gasteiger partial charge is 0.128 e. The number of benzene rings is 2. The molecule has 0 amide bonds. The molecule has 2 rings (SSSR count). The van der Waals surface area contributed by atoms with Gasteiger partial charge in [-0.2, -0.15) is 0 Å². The van der Waals surface area contributed by atoms with Crippen LogP contribution in [0.1, 0.15) is 49.0 Å². The summed E-state index contributed by atoms with van der Waals surface area (Å²) >= 11 is 3.41. The van der Waals surface area contributed by atoms with Crippen LogP contribution in [-0.4, -0.2) is 0 Å². The van der Waals surface area contributed by atoms with Gasteiger partial charge in [-0.05, 0) is 44.0 Å². The lowest BCUT2D eigenvalue weighted by molar-refractivity contribution is 0.442. The van der Waals surface area contributed by atoms with Gasteiger partial charge in [0.15, 0.2) is 0 Å². The summed E-state index contributed by atoms with van der Waals surface area (Å²) in [6.07, 6.45) is 0.961. The second-order valence-electron chi connectivity index (χ2n) is 5.43. The summed E-state index contributed by atoms with van der Waals surface area (Å²) in [6.45, 7) is 6.22. The quantitative estimate of drug-likeness (QED) is 0.730. The van der Waals surface area contributed by atoms with Crippen molar-refractivity contribution in [3.8, 4) is 0 Å². The van der Waals surface area contributed by atoms with Crippen LogP contribution in [-0.2, 0) is 0 Å². The first-order valence-corrected chi connectivity index (χ1v) is 8.08. The third kappa shape index (κ3) is 4.14. The van der Waals surface area contributed by atoms with Gasteiger partial charge in [-0.1, -0.05) is 52.7 Å². The zero-order chi connectivity index (χ0) is 15.4. The first-order valence-electron chi connectivity index (χ1n) is 7.28. The van der Waals surface area contributed by atoms with Crippen LogP contribution in [0.5, 0.6) is 0 Å². The molecule has 1 N–H and O–H groups in total. The molecule has 1 nitrogen and oxygen atoms in total. The summed E-state index contributed by atoms with van der Waals surface area (Å²) < 4.78 is 14.9. The van der Waals surface area contributed by atoms with Gasteiger partial charge >= 0.3 is 0 Å². The minimum atomic E-state index is -0.169. The molecule has 0 aliphatic heterocycles. The number of rotatable bonds is 5. The number of hydrogen-bond donors (Lipinski definition) is 1. The molecule has 0 saturated heterocycles. The lowest BCUT2D eigenvalue weighted by Crippen LogP contribution is -2.25. The molecule has 0 aliphatic carbocycles. The Morgan fingerprint density at radius 3 is 2.43 bits per heavy atom. The summed E-state index contributed by atoms with van der Waals surface area (Å²) in [5.41, 5.74) is 3.18. The van der Waals surface area contributed by atoms with E-state index < -0.39 is 0 Å². The molecule has 0 radical (unpaired) electrons. The van der Waals surface area contributed by atoms with Gasteiger partial charge in [0, 0.05) is 22.1 Å². The molecule has 0 saturated carbocycles. The molecule has 0 aliphatic rings. The van der Waals surface area contributed by atoms with E-state index in [1.54, 1.807) is 6.07 Å². The highest BCUT2D eigenvalue weighted by molar-refractivity contribution is 9.10.